The highest BCUT2D eigenvalue weighted by atomic mass is 32.1. The molecule has 0 fully saturated rings. The summed E-state index contributed by atoms with van der Waals surface area (Å²) >= 11 is 1.42. The number of carbonyl (C=O) groups is 1. The predicted octanol–water partition coefficient (Wildman–Crippen LogP) is 5.86. The molecule has 0 N–H and O–H groups in total. The summed E-state index contributed by atoms with van der Waals surface area (Å²) in [5, 5.41) is 1.65. The summed E-state index contributed by atoms with van der Waals surface area (Å²) in [7, 11) is 0. The van der Waals surface area contributed by atoms with Gasteiger partial charge in [-0.25, -0.2) is 0 Å². The van der Waals surface area contributed by atoms with Gasteiger partial charge in [-0.3, -0.25) is 9.59 Å². The minimum absolute atomic E-state index is 0.0316. The SMILES string of the molecule is CCCN(C(=O)c1cc2c(=O)n(CC)c3ccccc3c2s1)c1ccc(CC)cc1. The van der Waals surface area contributed by atoms with Crippen LogP contribution in [-0.4, -0.2) is 17.0 Å². The summed E-state index contributed by atoms with van der Waals surface area (Å²) in [5.74, 6) is -0.0474. The molecule has 4 rings (SSSR count). The Kier molecular flexibility index (Phi) is 5.73. The van der Waals surface area contributed by atoms with E-state index in [0.29, 0.717) is 23.4 Å². The van der Waals surface area contributed by atoms with E-state index < -0.39 is 0 Å². The molecule has 0 radical (unpaired) electrons. The van der Waals surface area contributed by atoms with E-state index in [0.717, 1.165) is 34.1 Å². The number of thiophene rings is 1. The number of aromatic nitrogens is 1. The summed E-state index contributed by atoms with van der Waals surface area (Å²) in [5.41, 5.74) is 3.03. The lowest BCUT2D eigenvalue weighted by molar-refractivity contribution is 0.0991. The first-order valence-electron chi connectivity index (χ1n) is 10.5. The molecule has 0 spiro atoms. The van der Waals surface area contributed by atoms with Crippen LogP contribution in [0.2, 0.25) is 0 Å². The van der Waals surface area contributed by atoms with Gasteiger partial charge in [-0.15, -0.1) is 11.3 Å². The number of fused-ring (bicyclic) bond motifs is 3. The minimum Gasteiger partial charge on any atom is -0.308 e. The van der Waals surface area contributed by atoms with Gasteiger partial charge in [0, 0.05) is 28.9 Å². The summed E-state index contributed by atoms with van der Waals surface area (Å²) in [6.45, 7) is 7.40. The number of anilines is 1. The van der Waals surface area contributed by atoms with Crippen molar-refractivity contribution in [2.24, 2.45) is 0 Å². The maximum atomic E-state index is 13.5. The first-order chi connectivity index (χ1) is 14.6. The standard InChI is InChI=1S/C25H26N2O2S/c1-4-15-27(18-13-11-17(5-2)12-14-18)25(29)22-16-20-23(30-22)19-9-7-8-10-21(19)26(6-3)24(20)28/h7-14,16H,4-6,15H2,1-3H3. The lowest BCUT2D eigenvalue weighted by Gasteiger charge is -2.22. The molecule has 4 nitrogen and oxygen atoms in total. The van der Waals surface area contributed by atoms with Crippen molar-refractivity contribution in [2.75, 3.05) is 11.4 Å². The molecule has 0 atom stereocenters. The van der Waals surface area contributed by atoms with Gasteiger partial charge in [0.2, 0.25) is 0 Å². The van der Waals surface area contributed by atoms with Crippen molar-refractivity contribution in [3.05, 3.63) is 75.4 Å². The highest BCUT2D eigenvalue weighted by Crippen LogP contribution is 2.32. The second-order valence-electron chi connectivity index (χ2n) is 7.40. The number of rotatable bonds is 6. The Hall–Kier alpha value is -2.92. The molecule has 4 aromatic rings. The fourth-order valence-corrected chi connectivity index (χ4v) is 5.07. The molecule has 154 valence electrons. The number of hydrogen-bond donors (Lipinski definition) is 0. The third kappa shape index (κ3) is 3.43. The molecular weight excluding hydrogens is 392 g/mol. The summed E-state index contributed by atoms with van der Waals surface area (Å²) in [6.07, 6.45) is 1.83. The number of pyridine rings is 1. The van der Waals surface area contributed by atoms with Gasteiger partial charge in [-0.2, -0.15) is 0 Å². The molecule has 30 heavy (non-hydrogen) atoms. The van der Waals surface area contributed by atoms with E-state index in [9.17, 15) is 9.59 Å². The highest BCUT2D eigenvalue weighted by molar-refractivity contribution is 7.21. The molecule has 2 aromatic carbocycles. The topological polar surface area (TPSA) is 42.3 Å². The van der Waals surface area contributed by atoms with Crippen LogP contribution in [0.25, 0.3) is 21.0 Å². The molecule has 1 amide bonds. The number of aryl methyl sites for hydroxylation is 2. The Bertz CT molecular complexity index is 1270. The van der Waals surface area contributed by atoms with E-state index in [1.54, 1.807) is 10.6 Å². The number of nitrogens with zero attached hydrogens (tertiary/aromatic N) is 2. The van der Waals surface area contributed by atoms with Gasteiger partial charge >= 0.3 is 0 Å². The molecular formula is C25H26N2O2S. The van der Waals surface area contributed by atoms with Crippen molar-refractivity contribution in [3.63, 3.8) is 0 Å². The zero-order chi connectivity index (χ0) is 21.3. The van der Waals surface area contributed by atoms with Crippen molar-refractivity contribution < 1.29 is 4.79 Å². The van der Waals surface area contributed by atoms with Crippen molar-refractivity contribution in [3.8, 4) is 0 Å². The maximum Gasteiger partial charge on any atom is 0.268 e. The van der Waals surface area contributed by atoms with Crippen LogP contribution in [0, 0.1) is 0 Å². The summed E-state index contributed by atoms with van der Waals surface area (Å²) in [4.78, 5) is 29.0. The largest absolute Gasteiger partial charge is 0.308 e. The average Bonchev–Trinajstić information content (AvgIpc) is 3.24. The van der Waals surface area contributed by atoms with E-state index in [4.69, 9.17) is 0 Å². The van der Waals surface area contributed by atoms with Crippen LogP contribution in [0.4, 0.5) is 5.69 Å². The van der Waals surface area contributed by atoms with Gasteiger partial charge in [0.05, 0.1) is 15.8 Å². The van der Waals surface area contributed by atoms with Crippen LogP contribution in [0.5, 0.6) is 0 Å². The van der Waals surface area contributed by atoms with Gasteiger partial charge in [-0.1, -0.05) is 44.2 Å². The van der Waals surface area contributed by atoms with Gasteiger partial charge < -0.3 is 9.47 Å². The van der Waals surface area contributed by atoms with Crippen LogP contribution in [-0.2, 0) is 13.0 Å². The van der Waals surface area contributed by atoms with Crippen molar-refractivity contribution in [2.45, 2.75) is 40.2 Å². The zero-order valence-corrected chi connectivity index (χ0v) is 18.5. The fraction of sp³-hybridized carbons (Fsp3) is 0.280. The summed E-state index contributed by atoms with van der Waals surface area (Å²) < 4.78 is 2.67. The van der Waals surface area contributed by atoms with Crippen molar-refractivity contribution in [1.29, 1.82) is 0 Å². The molecule has 0 aliphatic carbocycles. The van der Waals surface area contributed by atoms with Gasteiger partial charge in [-0.05, 0) is 49.6 Å². The monoisotopic (exact) mass is 418 g/mol. The highest BCUT2D eigenvalue weighted by Gasteiger charge is 2.22. The molecule has 5 heteroatoms. The molecule has 0 unspecified atom stereocenters. The van der Waals surface area contributed by atoms with E-state index >= 15 is 0 Å². The Morgan fingerprint density at radius 2 is 1.73 bits per heavy atom. The van der Waals surface area contributed by atoms with Crippen LogP contribution in [0.1, 0.15) is 42.4 Å². The Morgan fingerprint density at radius 3 is 2.40 bits per heavy atom. The smallest absolute Gasteiger partial charge is 0.268 e. The van der Waals surface area contributed by atoms with Gasteiger partial charge in [0.15, 0.2) is 0 Å². The van der Waals surface area contributed by atoms with E-state index in [1.165, 1.54) is 16.9 Å². The molecule has 0 bridgehead atoms. The van der Waals surface area contributed by atoms with Gasteiger partial charge in [0.25, 0.3) is 11.5 Å². The van der Waals surface area contributed by atoms with E-state index in [2.05, 4.69) is 26.0 Å². The maximum absolute atomic E-state index is 13.5. The van der Waals surface area contributed by atoms with Crippen LogP contribution >= 0.6 is 11.3 Å². The Morgan fingerprint density at radius 1 is 1.00 bits per heavy atom. The number of para-hydroxylation sites is 1. The fourth-order valence-electron chi connectivity index (χ4n) is 3.94. The van der Waals surface area contributed by atoms with E-state index in [-0.39, 0.29) is 11.5 Å². The molecule has 0 aliphatic rings. The third-order valence-electron chi connectivity index (χ3n) is 5.52. The van der Waals surface area contributed by atoms with Crippen LogP contribution in [0.3, 0.4) is 0 Å². The average molecular weight is 419 g/mol. The normalized spacial score (nSPS) is 11.3. The lowest BCUT2D eigenvalue weighted by atomic mass is 10.1. The molecule has 0 saturated carbocycles. The first-order valence-corrected chi connectivity index (χ1v) is 11.4. The van der Waals surface area contributed by atoms with E-state index in [1.807, 2.05) is 48.2 Å². The predicted molar refractivity (Wildman–Crippen MR) is 127 cm³/mol. The molecule has 2 aromatic heterocycles. The number of carbonyl (C=O) groups excluding carboxylic acids is 1. The molecule has 0 saturated heterocycles. The second kappa shape index (κ2) is 8.44. The second-order valence-corrected chi connectivity index (χ2v) is 8.45. The number of amides is 1. The van der Waals surface area contributed by atoms with Crippen molar-refractivity contribution in [1.82, 2.24) is 4.57 Å². The zero-order valence-electron chi connectivity index (χ0n) is 17.6. The first kappa shape index (κ1) is 20.4. The molecule has 0 aliphatic heterocycles. The quantitative estimate of drug-likeness (QED) is 0.394. The number of benzene rings is 2. The van der Waals surface area contributed by atoms with Crippen LogP contribution in [0.15, 0.2) is 59.4 Å². The molecule has 2 heterocycles. The van der Waals surface area contributed by atoms with Crippen LogP contribution < -0.4 is 10.5 Å². The lowest BCUT2D eigenvalue weighted by Crippen LogP contribution is -2.31. The third-order valence-corrected chi connectivity index (χ3v) is 6.68. The number of hydrogen-bond acceptors (Lipinski definition) is 3. The van der Waals surface area contributed by atoms with Gasteiger partial charge in [0.1, 0.15) is 0 Å². The van der Waals surface area contributed by atoms with Crippen molar-refractivity contribution >= 4 is 43.9 Å². The summed E-state index contributed by atoms with van der Waals surface area (Å²) in [6, 6.07) is 17.9. The Labute approximate surface area is 180 Å². The Balaban J connectivity index is 1.85. The minimum atomic E-state index is -0.0474.